The van der Waals surface area contributed by atoms with Gasteiger partial charge >= 0.3 is 12.1 Å². The summed E-state index contributed by atoms with van der Waals surface area (Å²) in [6.45, 7) is 8.79. The lowest BCUT2D eigenvalue weighted by Gasteiger charge is -2.30. The molecule has 5 heteroatoms. The van der Waals surface area contributed by atoms with Crippen molar-refractivity contribution < 1.29 is 19.1 Å². The Morgan fingerprint density at radius 3 is 2.08 bits per heavy atom. The molecule has 0 aliphatic heterocycles. The van der Waals surface area contributed by atoms with E-state index in [9.17, 15) is 9.59 Å². The molecule has 0 spiro atoms. The van der Waals surface area contributed by atoms with Crippen molar-refractivity contribution in [2.24, 2.45) is 11.8 Å². The smallest absolute Gasteiger partial charge is 0.410 e. The molecule has 0 bridgehead atoms. The number of hydrogen-bond donors (Lipinski definition) is 0. The van der Waals surface area contributed by atoms with Gasteiger partial charge in [-0.15, -0.1) is 0 Å². The van der Waals surface area contributed by atoms with E-state index in [-0.39, 0.29) is 12.1 Å². The van der Waals surface area contributed by atoms with Crippen LogP contribution in [0.15, 0.2) is 0 Å². The van der Waals surface area contributed by atoms with Crippen LogP contribution < -0.4 is 0 Å². The van der Waals surface area contributed by atoms with Gasteiger partial charge in [0.2, 0.25) is 0 Å². The number of nitrogens with zero attached hydrogens (tertiary/aromatic N) is 1. The first kappa shape index (κ1) is 20.8. The summed E-state index contributed by atoms with van der Waals surface area (Å²) in [6.07, 6.45) is 7.04. The van der Waals surface area contributed by atoms with Crippen molar-refractivity contribution in [1.29, 1.82) is 0 Å². The molecule has 1 rings (SSSR count). The molecule has 1 aliphatic rings. The minimum Gasteiger partial charge on any atom is -0.466 e. The maximum absolute atomic E-state index is 11.9. The van der Waals surface area contributed by atoms with Crippen molar-refractivity contribution in [3.63, 3.8) is 0 Å². The number of rotatable bonds is 7. The lowest BCUT2D eigenvalue weighted by molar-refractivity contribution is -0.143. The average Bonchev–Trinajstić information content (AvgIpc) is 2.51. The van der Waals surface area contributed by atoms with Gasteiger partial charge in [0.05, 0.1) is 6.61 Å². The summed E-state index contributed by atoms with van der Waals surface area (Å²) >= 11 is 0. The van der Waals surface area contributed by atoms with Gasteiger partial charge in [-0.2, -0.15) is 0 Å². The second kappa shape index (κ2) is 9.90. The van der Waals surface area contributed by atoms with Gasteiger partial charge in [-0.3, -0.25) is 4.79 Å². The molecule has 1 fully saturated rings. The predicted molar refractivity (Wildman–Crippen MR) is 94.8 cm³/mol. The van der Waals surface area contributed by atoms with Gasteiger partial charge in [-0.25, -0.2) is 4.79 Å². The van der Waals surface area contributed by atoms with Crippen molar-refractivity contribution in [3.8, 4) is 0 Å². The molecule has 1 saturated carbocycles. The lowest BCUT2D eigenvalue weighted by atomic mass is 9.79. The summed E-state index contributed by atoms with van der Waals surface area (Å²) in [5, 5.41) is 0. The molecule has 0 saturated heterocycles. The summed E-state index contributed by atoms with van der Waals surface area (Å²) in [7, 11) is 1.81. The fourth-order valence-corrected chi connectivity index (χ4v) is 3.06. The molecule has 140 valence electrons. The largest absolute Gasteiger partial charge is 0.466 e. The van der Waals surface area contributed by atoms with E-state index in [0.29, 0.717) is 24.9 Å². The third kappa shape index (κ3) is 8.55. The predicted octanol–water partition coefficient (Wildman–Crippen LogP) is 4.39. The molecule has 0 aromatic heterocycles. The summed E-state index contributed by atoms with van der Waals surface area (Å²) in [4.78, 5) is 24.8. The Bertz CT molecular complexity index is 395. The highest BCUT2D eigenvalue weighted by Gasteiger charge is 2.23. The van der Waals surface area contributed by atoms with E-state index in [1.165, 1.54) is 25.7 Å². The van der Waals surface area contributed by atoms with Gasteiger partial charge in [0.25, 0.3) is 0 Å². The Kier molecular flexibility index (Phi) is 8.57. The molecule has 0 N–H and O–H groups in total. The van der Waals surface area contributed by atoms with Crippen LogP contribution in [0.5, 0.6) is 0 Å². The van der Waals surface area contributed by atoms with Gasteiger partial charge < -0.3 is 14.4 Å². The molecular formula is C19H35NO4. The maximum atomic E-state index is 11.9. The minimum absolute atomic E-state index is 0.103. The highest BCUT2D eigenvalue weighted by atomic mass is 16.6. The van der Waals surface area contributed by atoms with E-state index in [1.807, 2.05) is 34.7 Å². The highest BCUT2D eigenvalue weighted by Crippen LogP contribution is 2.32. The van der Waals surface area contributed by atoms with E-state index in [1.54, 1.807) is 4.90 Å². The van der Waals surface area contributed by atoms with E-state index in [2.05, 4.69) is 0 Å². The second-order valence-electron chi connectivity index (χ2n) is 7.94. The topological polar surface area (TPSA) is 55.8 Å². The first-order valence-corrected chi connectivity index (χ1v) is 9.31. The van der Waals surface area contributed by atoms with Crippen molar-refractivity contribution in [2.45, 2.75) is 78.2 Å². The van der Waals surface area contributed by atoms with Crippen molar-refractivity contribution in [2.75, 3.05) is 20.2 Å². The van der Waals surface area contributed by atoms with Crippen LogP contribution >= 0.6 is 0 Å². The molecule has 1 aliphatic carbocycles. The molecule has 0 atom stereocenters. The van der Waals surface area contributed by atoms with Gasteiger partial charge in [-0.1, -0.05) is 32.6 Å². The molecule has 0 aromatic rings. The van der Waals surface area contributed by atoms with Crippen LogP contribution in [0, 0.1) is 11.8 Å². The maximum Gasteiger partial charge on any atom is 0.410 e. The van der Waals surface area contributed by atoms with Crippen LogP contribution in [0.4, 0.5) is 4.79 Å². The van der Waals surface area contributed by atoms with E-state index in [4.69, 9.17) is 9.47 Å². The summed E-state index contributed by atoms with van der Waals surface area (Å²) in [5.74, 6) is 1.26. The van der Waals surface area contributed by atoms with Crippen LogP contribution in [-0.4, -0.2) is 42.8 Å². The van der Waals surface area contributed by atoms with Crippen molar-refractivity contribution in [1.82, 2.24) is 4.90 Å². The molecule has 0 radical (unpaired) electrons. The Morgan fingerprint density at radius 1 is 1.04 bits per heavy atom. The minimum atomic E-state index is -0.440. The number of amides is 1. The van der Waals surface area contributed by atoms with Gasteiger partial charge in [0, 0.05) is 20.0 Å². The molecule has 0 aromatic carbocycles. The zero-order valence-corrected chi connectivity index (χ0v) is 16.1. The average molecular weight is 341 g/mol. The van der Waals surface area contributed by atoms with Crippen LogP contribution in [0.1, 0.15) is 72.6 Å². The zero-order valence-electron chi connectivity index (χ0n) is 16.1. The van der Waals surface area contributed by atoms with Gasteiger partial charge in [0.1, 0.15) is 5.60 Å². The molecule has 5 nitrogen and oxygen atoms in total. The van der Waals surface area contributed by atoms with Crippen LogP contribution in [0.3, 0.4) is 0 Å². The number of carbonyl (C=O) groups is 2. The molecule has 0 heterocycles. The van der Waals surface area contributed by atoms with E-state index < -0.39 is 5.60 Å². The molecule has 1 amide bonds. The van der Waals surface area contributed by atoms with E-state index in [0.717, 1.165) is 19.4 Å². The number of hydrogen-bond acceptors (Lipinski definition) is 4. The third-order valence-electron chi connectivity index (χ3n) is 4.62. The third-order valence-corrected chi connectivity index (χ3v) is 4.62. The first-order chi connectivity index (χ1) is 11.2. The van der Waals surface area contributed by atoms with Crippen molar-refractivity contribution >= 4 is 12.1 Å². The zero-order chi connectivity index (χ0) is 18.2. The van der Waals surface area contributed by atoms with Crippen LogP contribution in [0.2, 0.25) is 0 Å². The van der Waals surface area contributed by atoms with Crippen LogP contribution in [-0.2, 0) is 14.3 Å². The van der Waals surface area contributed by atoms with E-state index >= 15 is 0 Å². The Balaban J connectivity index is 2.17. The number of carbonyl (C=O) groups excluding carboxylic acids is 2. The second-order valence-corrected chi connectivity index (χ2v) is 7.94. The summed E-state index contributed by atoms with van der Waals surface area (Å²) in [5.41, 5.74) is -0.440. The first-order valence-electron chi connectivity index (χ1n) is 9.31. The van der Waals surface area contributed by atoms with Gasteiger partial charge in [-0.05, 0) is 45.4 Å². The monoisotopic (exact) mass is 341 g/mol. The Hall–Kier alpha value is -1.26. The fraction of sp³-hybridized carbons (Fsp3) is 0.895. The quantitative estimate of drug-likeness (QED) is 0.644. The normalized spacial score (nSPS) is 21.2. The SMILES string of the molecule is CCC(=O)OCCC1CCC(CCN(C)C(=O)OC(C)(C)C)CC1. The van der Waals surface area contributed by atoms with Gasteiger partial charge in [0.15, 0.2) is 0 Å². The molecular weight excluding hydrogens is 306 g/mol. The molecule has 24 heavy (non-hydrogen) atoms. The highest BCUT2D eigenvalue weighted by molar-refractivity contribution is 5.68. The Morgan fingerprint density at radius 2 is 1.58 bits per heavy atom. The number of esters is 1. The summed E-state index contributed by atoms with van der Waals surface area (Å²) in [6, 6.07) is 0. The standard InChI is InChI=1S/C19H35NO4/c1-6-17(21)23-14-12-16-9-7-15(8-10-16)11-13-20(5)18(22)24-19(2,3)4/h15-16H,6-14H2,1-5H3. The summed E-state index contributed by atoms with van der Waals surface area (Å²) < 4.78 is 10.5. The number of ether oxygens (including phenoxy) is 2. The molecule has 0 unspecified atom stereocenters. The Labute approximate surface area is 147 Å². The lowest BCUT2D eigenvalue weighted by Crippen LogP contribution is -2.35. The van der Waals surface area contributed by atoms with Crippen LogP contribution in [0.25, 0.3) is 0 Å². The van der Waals surface area contributed by atoms with Crippen molar-refractivity contribution in [3.05, 3.63) is 0 Å². The fourth-order valence-electron chi connectivity index (χ4n) is 3.06.